The number of hydrogen-bond acceptors (Lipinski definition) is 6. The van der Waals surface area contributed by atoms with Crippen molar-refractivity contribution in [2.45, 2.75) is 9.10 Å². The van der Waals surface area contributed by atoms with Gasteiger partial charge in [0.25, 0.3) is 20.0 Å². The summed E-state index contributed by atoms with van der Waals surface area (Å²) < 4.78 is 56.6. The highest BCUT2D eigenvalue weighted by atomic mass is 35.5. The summed E-state index contributed by atoms with van der Waals surface area (Å²) in [6.07, 6.45) is 1.44. The molecule has 0 aliphatic carbocycles. The zero-order valence-electron chi connectivity index (χ0n) is 15.7. The van der Waals surface area contributed by atoms with E-state index in [1.807, 2.05) is 0 Å². The minimum absolute atomic E-state index is 0.0301. The van der Waals surface area contributed by atoms with E-state index >= 15 is 0 Å². The molecule has 0 aliphatic heterocycles. The van der Waals surface area contributed by atoms with Gasteiger partial charge in [0.2, 0.25) is 0 Å². The molecule has 13 heteroatoms. The summed E-state index contributed by atoms with van der Waals surface area (Å²) in [5, 5.41) is 2.46. The molecule has 2 aromatic heterocycles. The largest absolute Gasteiger partial charge is 0.277 e. The number of nitrogens with one attached hydrogen (secondary N) is 2. The first-order valence-corrected chi connectivity index (χ1v) is 13.7. The van der Waals surface area contributed by atoms with E-state index in [0.29, 0.717) is 10.4 Å². The van der Waals surface area contributed by atoms with Crippen molar-refractivity contribution in [1.82, 2.24) is 4.98 Å². The third-order valence-electron chi connectivity index (χ3n) is 4.28. The van der Waals surface area contributed by atoms with Crippen LogP contribution in [0.1, 0.15) is 0 Å². The fraction of sp³-hybridized carbons (Fsp3) is 0. The van der Waals surface area contributed by atoms with Gasteiger partial charge in [-0.05, 0) is 47.8 Å². The van der Waals surface area contributed by atoms with Crippen LogP contribution in [0.2, 0.25) is 15.1 Å². The summed E-state index contributed by atoms with van der Waals surface area (Å²) in [7, 11) is -8.20. The molecule has 0 amide bonds. The highest BCUT2D eigenvalue weighted by molar-refractivity contribution is 7.94. The topological polar surface area (TPSA) is 105 Å². The van der Waals surface area contributed by atoms with Gasteiger partial charge in [0.05, 0.1) is 32.0 Å². The van der Waals surface area contributed by atoms with Gasteiger partial charge >= 0.3 is 0 Å². The van der Waals surface area contributed by atoms with Crippen molar-refractivity contribution in [1.29, 1.82) is 0 Å². The summed E-state index contributed by atoms with van der Waals surface area (Å²) in [4.78, 5) is 3.99. The van der Waals surface area contributed by atoms with Crippen molar-refractivity contribution in [3.63, 3.8) is 0 Å². The number of hydrogen-bond donors (Lipinski definition) is 2. The lowest BCUT2D eigenvalue weighted by molar-refractivity contribution is 0.600. The number of benzene rings is 2. The van der Waals surface area contributed by atoms with Gasteiger partial charge in [-0.3, -0.25) is 14.4 Å². The molecule has 4 aromatic rings. The number of aromatic nitrogens is 1. The maximum atomic E-state index is 13.2. The van der Waals surface area contributed by atoms with Crippen LogP contribution in [0.15, 0.2) is 69.2 Å². The molecule has 2 heterocycles. The summed E-state index contributed by atoms with van der Waals surface area (Å²) in [5.41, 5.74) is -0.0468. The average molecular weight is 549 g/mol. The zero-order valence-corrected chi connectivity index (χ0v) is 20.4. The lowest BCUT2D eigenvalue weighted by Crippen LogP contribution is -2.17. The standard InChI is InChI=1S/C19H12Cl3N3O4S3/c20-12-5-6-17(19-11(12)3-1-7-23-19)31(26,27)24-15-9-13(21)14(22)10-16(15)25-32(28,29)18-4-2-8-30-18/h1-10,24-25H. The third-order valence-corrected chi connectivity index (χ3v) is 9.49. The smallest absolute Gasteiger partial charge is 0.271 e. The Balaban J connectivity index is 1.80. The first kappa shape index (κ1) is 23.1. The molecule has 7 nitrogen and oxygen atoms in total. The van der Waals surface area contributed by atoms with E-state index in [-0.39, 0.29) is 36.0 Å². The molecule has 2 aromatic carbocycles. The third kappa shape index (κ3) is 4.52. The van der Waals surface area contributed by atoms with Gasteiger partial charge in [-0.1, -0.05) is 40.9 Å². The van der Waals surface area contributed by atoms with Crippen LogP contribution in [0.25, 0.3) is 10.9 Å². The molecule has 166 valence electrons. The Hall–Kier alpha value is -2.08. The molecule has 0 saturated heterocycles. The van der Waals surface area contributed by atoms with Gasteiger partial charge in [-0.2, -0.15) is 0 Å². The Kier molecular flexibility index (Phi) is 6.27. The van der Waals surface area contributed by atoms with Crippen molar-refractivity contribution < 1.29 is 16.8 Å². The molecule has 4 rings (SSSR count). The minimum atomic E-state index is -4.22. The summed E-state index contributed by atoms with van der Waals surface area (Å²) in [6, 6.07) is 11.5. The van der Waals surface area contributed by atoms with E-state index in [9.17, 15) is 16.8 Å². The number of fused-ring (bicyclic) bond motifs is 1. The van der Waals surface area contributed by atoms with Gasteiger partial charge in [0.1, 0.15) is 9.10 Å². The highest BCUT2D eigenvalue weighted by Gasteiger charge is 2.24. The van der Waals surface area contributed by atoms with E-state index in [0.717, 1.165) is 11.3 Å². The monoisotopic (exact) mass is 547 g/mol. The van der Waals surface area contributed by atoms with Crippen LogP contribution in [0.4, 0.5) is 11.4 Å². The SMILES string of the molecule is O=S(=O)(Nc1cc(Cl)c(Cl)cc1NS(=O)(=O)c1ccc(Cl)c2cccnc12)c1cccs1. The lowest BCUT2D eigenvalue weighted by atomic mass is 10.2. The van der Waals surface area contributed by atoms with Crippen LogP contribution in [-0.2, 0) is 20.0 Å². The van der Waals surface area contributed by atoms with Crippen LogP contribution in [0.3, 0.4) is 0 Å². The molecule has 0 saturated carbocycles. The quantitative estimate of drug-likeness (QED) is 0.314. The number of anilines is 2. The van der Waals surface area contributed by atoms with E-state index in [2.05, 4.69) is 14.4 Å². The second kappa shape index (κ2) is 8.69. The number of rotatable bonds is 6. The van der Waals surface area contributed by atoms with E-state index in [1.165, 1.54) is 36.5 Å². The average Bonchev–Trinajstić information content (AvgIpc) is 3.28. The second-order valence-corrected chi connectivity index (χ2v) is 12.1. The van der Waals surface area contributed by atoms with Gasteiger partial charge in [-0.25, -0.2) is 16.8 Å². The molecule has 0 aliphatic rings. The summed E-state index contributed by atoms with van der Waals surface area (Å²) in [6.45, 7) is 0. The molecule has 32 heavy (non-hydrogen) atoms. The van der Waals surface area contributed by atoms with Gasteiger partial charge < -0.3 is 0 Å². The van der Waals surface area contributed by atoms with Crippen molar-refractivity contribution in [3.8, 4) is 0 Å². The number of halogens is 3. The van der Waals surface area contributed by atoms with Crippen LogP contribution in [0, 0.1) is 0 Å². The van der Waals surface area contributed by atoms with Gasteiger partial charge in [0.15, 0.2) is 0 Å². The number of thiophene rings is 1. The van der Waals surface area contributed by atoms with Crippen molar-refractivity contribution in [2.24, 2.45) is 0 Å². The first-order valence-electron chi connectivity index (χ1n) is 8.70. The van der Waals surface area contributed by atoms with Crippen LogP contribution in [0.5, 0.6) is 0 Å². The Morgan fingerprint density at radius 1 is 0.781 bits per heavy atom. The van der Waals surface area contributed by atoms with Crippen molar-refractivity contribution >= 4 is 88.5 Å². The number of pyridine rings is 1. The Labute approximate surface area is 203 Å². The Morgan fingerprint density at radius 2 is 1.44 bits per heavy atom. The van der Waals surface area contributed by atoms with E-state index in [1.54, 1.807) is 23.6 Å². The Bertz CT molecular complexity index is 1540. The van der Waals surface area contributed by atoms with Gasteiger partial charge in [-0.15, -0.1) is 11.3 Å². The fourth-order valence-corrected chi connectivity index (χ4v) is 6.69. The van der Waals surface area contributed by atoms with Crippen LogP contribution < -0.4 is 9.44 Å². The Morgan fingerprint density at radius 3 is 2.06 bits per heavy atom. The molecule has 0 spiro atoms. The molecule has 0 fully saturated rings. The molecule has 0 bridgehead atoms. The fourth-order valence-electron chi connectivity index (χ4n) is 2.86. The molecule has 0 unspecified atom stereocenters. The highest BCUT2D eigenvalue weighted by Crippen LogP contribution is 2.36. The molecular weight excluding hydrogens is 537 g/mol. The molecule has 0 atom stereocenters. The van der Waals surface area contributed by atoms with Crippen LogP contribution in [-0.4, -0.2) is 21.8 Å². The zero-order chi connectivity index (χ0) is 23.1. The van der Waals surface area contributed by atoms with Crippen molar-refractivity contribution in [2.75, 3.05) is 9.44 Å². The predicted molar refractivity (Wildman–Crippen MR) is 129 cm³/mol. The number of sulfonamides is 2. The number of nitrogens with zero attached hydrogens (tertiary/aromatic N) is 1. The van der Waals surface area contributed by atoms with Crippen molar-refractivity contribution in [3.05, 3.63) is 75.2 Å². The summed E-state index contributed by atoms with van der Waals surface area (Å²) >= 11 is 19.3. The second-order valence-electron chi connectivity index (χ2n) is 6.40. The summed E-state index contributed by atoms with van der Waals surface area (Å²) in [5.74, 6) is 0. The first-order chi connectivity index (χ1) is 15.1. The van der Waals surface area contributed by atoms with Gasteiger partial charge in [0, 0.05) is 11.6 Å². The van der Waals surface area contributed by atoms with Crippen LogP contribution >= 0.6 is 46.1 Å². The molecular formula is C19H12Cl3N3O4S3. The maximum absolute atomic E-state index is 13.2. The minimum Gasteiger partial charge on any atom is -0.277 e. The van der Waals surface area contributed by atoms with E-state index < -0.39 is 20.0 Å². The molecule has 0 radical (unpaired) electrons. The van der Waals surface area contributed by atoms with E-state index in [4.69, 9.17) is 34.8 Å². The predicted octanol–water partition coefficient (Wildman–Crippen LogP) is 5.86. The molecule has 2 N–H and O–H groups in total. The normalized spacial score (nSPS) is 12.1. The maximum Gasteiger partial charge on any atom is 0.271 e. The lowest BCUT2D eigenvalue weighted by Gasteiger charge is -2.16.